The summed E-state index contributed by atoms with van der Waals surface area (Å²) < 4.78 is 1.66. The van der Waals surface area contributed by atoms with Gasteiger partial charge in [-0.1, -0.05) is 23.4 Å². The highest BCUT2D eigenvalue weighted by molar-refractivity contribution is 5.60. The van der Waals surface area contributed by atoms with Crippen molar-refractivity contribution in [2.75, 3.05) is 5.32 Å². The van der Waals surface area contributed by atoms with Crippen LogP contribution in [0.2, 0.25) is 0 Å². The molecule has 3 rings (SSSR count). The Labute approximate surface area is 138 Å². The molecule has 24 heavy (non-hydrogen) atoms. The molecule has 0 aliphatic heterocycles. The van der Waals surface area contributed by atoms with Crippen molar-refractivity contribution in [2.24, 2.45) is 0 Å². The molecule has 8 nitrogen and oxygen atoms in total. The average molecular weight is 324 g/mol. The Hall–Kier alpha value is -3.29. The van der Waals surface area contributed by atoms with Gasteiger partial charge in [-0.05, 0) is 32.0 Å². The van der Waals surface area contributed by atoms with Gasteiger partial charge in [-0.25, -0.2) is 9.67 Å². The smallest absolute Gasteiger partial charge is 0.314 e. The van der Waals surface area contributed by atoms with E-state index in [0.717, 1.165) is 5.69 Å². The van der Waals surface area contributed by atoms with Crippen molar-refractivity contribution in [3.63, 3.8) is 0 Å². The highest BCUT2D eigenvalue weighted by atomic mass is 16.6. The van der Waals surface area contributed by atoms with Crippen LogP contribution in [0.1, 0.15) is 24.2 Å². The topological polar surface area (TPSA) is 98.8 Å². The molecule has 1 aromatic carbocycles. The van der Waals surface area contributed by atoms with Gasteiger partial charge in [0.15, 0.2) is 0 Å². The van der Waals surface area contributed by atoms with Crippen LogP contribution < -0.4 is 5.32 Å². The van der Waals surface area contributed by atoms with Gasteiger partial charge in [0.2, 0.25) is 5.82 Å². The minimum Gasteiger partial charge on any atom is -0.356 e. The van der Waals surface area contributed by atoms with Gasteiger partial charge in [-0.3, -0.25) is 10.1 Å². The number of hydrogen-bond acceptors (Lipinski definition) is 6. The molecular formula is C16H16N6O2. The lowest BCUT2D eigenvalue weighted by Crippen LogP contribution is -2.11. The Kier molecular flexibility index (Phi) is 4.19. The molecule has 122 valence electrons. The summed E-state index contributed by atoms with van der Waals surface area (Å²) >= 11 is 0. The Morgan fingerprint density at radius 1 is 1.25 bits per heavy atom. The molecule has 0 saturated heterocycles. The molecule has 0 amide bonds. The summed E-state index contributed by atoms with van der Waals surface area (Å²) in [5.74, 6) is 0.224. The third kappa shape index (κ3) is 3.07. The van der Waals surface area contributed by atoms with E-state index in [0.29, 0.717) is 11.3 Å². The Bertz CT molecular complexity index is 862. The van der Waals surface area contributed by atoms with Crippen molar-refractivity contribution in [3.05, 3.63) is 70.2 Å². The Morgan fingerprint density at radius 3 is 2.71 bits per heavy atom. The molecule has 0 aliphatic carbocycles. The van der Waals surface area contributed by atoms with E-state index in [1.165, 1.54) is 6.20 Å². The summed E-state index contributed by atoms with van der Waals surface area (Å²) in [6, 6.07) is 10.9. The summed E-state index contributed by atoms with van der Waals surface area (Å²) in [5, 5.41) is 22.5. The first-order valence-electron chi connectivity index (χ1n) is 7.40. The molecule has 0 spiro atoms. The summed E-state index contributed by atoms with van der Waals surface area (Å²) in [6.07, 6.45) is 3.33. The van der Waals surface area contributed by atoms with E-state index in [2.05, 4.69) is 20.6 Å². The van der Waals surface area contributed by atoms with Crippen LogP contribution in [0, 0.1) is 17.0 Å². The maximum absolute atomic E-state index is 11.2. The van der Waals surface area contributed by atoms with Crippen LogP contribution in [-0.2, 0) is 0 Å². The zero-order valence-corrected chi connectivity index (χ0v) is 13.2. The molecule has 1 atom stereocenters. The van der Waals surface area contributed by atoms with Gasteiger partial charge in [0.25, 0.3) is 0 Å². The number of pyridine rings is 1. The third-order valence-corrected chi connectivity index (χ3v) is 3.64. The minimum absolute atomic E-state index is 0.0280. The van der Waals surface area contributed by atoms with Crippen LogP contribution >= 0.6 is 0 Å². The second-order valence-electron chi connectivity index (χ2n) is 5.37. The summed E-state index contributed by atoms with van der Waals surface area (Å²) in [4.78, 5) is 14.9. The highest BCUT2D eigenvalue weighted by Crippen LogP contribution is 2.28. The molecule has 3 aromatic rings. The molecule has 0 bridgehead atoms. The molecule has 2 aromatic heterocycles. The number of aromatic nitrogens is 4. The van der Waals surface area contributed by atoms with E-state index in [-0.39, 0.29) is 17.5 Å². The van der Waals surface area contributed by atoms with Crippen molar-refractivity contribution in [3.8, 4) is 5.69 Å². The van der Waals surface area contributed by atoms with Crippen LogP contribution in [0.4, 0.5) is 11.5 Å². The molecule has 0 fully saturated rings. The van der Waals surface area contributed by atoms with Gasteiger partial charge >= 0.3 is 5.69 Å². The second-order valence-corrected chi connectivity index (χ2v) is 5.37. The first-order chi connectivity index (χ1) is 11.6. The van der Waals surface area contributed by atoms with Gasteiger partial charge < -0.3 is 5.32 Å². The fourth-order valence-electron chi connectivity index (χ4n) is 2.35. The van der Waals surface area contributed by atoms with Crippen molar-refractivity contribution in [1.29, 1.82) is 0 Å². The molecule has 0 aliphatic rings. The molecule has 0 saturated carbocycles. The molecule has 8 heteroatoms. The lowest BCUT2D eigenvalue weighted by molar-refractivity contribution is -0.384. The van der Waals surface area contributed by atoms with Crippen molar-refractivity contribution >= 4 is 11.5 Å². The lowest BCUT2D eigenvalue weighted by Gasteiger charge is -2.12. The molecule has 1 unspecified atom stereocenters. The zero-order chi connectivity index (χ0) is 17.1. The largest absolute Gasteiger partial charge is 0.356 e. The average Bonchev–Trinajstić information content (AvgIpc) is 3.05. The van der Waals surface area contributed by atoms with E-state index in [1.54, 1.807) is 23.9 Å². The molecular weight excluding hydrogens is 308 g/mol. The van der Waals surface area contributed by atoms with Crippen molar-refractivity contribution in [1.82, 2.24) is 20.0 Å². The zero-order valence-electron chi connectivity index (χ0n) is 13.2. The Balaban J connectivity index is 1.84. The molecule has 2 heterocycles. The van der Waals surface area contributed by atoms with Gasteiger partial charge in [-0.2, -0.15) is 0 Å². The number of nitrogens with zero attached hydrogens (tertiary/aromatic N) is 5. The molecule has 1 N–H and O–H groups in total. The van der Waals surface area contributed by atoms with Crippen LogP contribution in [0.3, 0.4) is 0 Å². The monoisotopic (exact) mass is 324 g/mol. The van der Waals surface area contributed by atoms with Crippen LogP contribution in [-0.4, -0.2) is 24.9 Å². The normalized spacial score (nSPS) is 11.9. The molecule has 0 radical (unpaired) electrons. The number of benzene rings is 1. The first kappa shape index (κ1) is 15.6. The van der Waals surface area contributed by atoms with Gasteiger partial charge in [0, 0.05) is 11.8 Å². The fraction of sp³-hybridized carbons (Fsp3) is 0.188. The number of nitrogens with one attached hydrogen (secondary N) is 1. The predicted molar refractivity (Wildman–Crippen MR) is 89.0 cm³/mol. The van der Waals surface area contributed by atoms with Crippen LogP contribution in [0.5, 0.6) is 0 Å². The van der Waals surface area contributed by atoms with Crippen molar-refractivity contribution in [2.45, 2.75) is 19.9 Å². The first-order valence-corrected chi connectivity index (χ1v) is 7.40. The maximum Gasteiger partial charge on any atom is 0.314 e. The number of nitro groups is 1. The number of anilines is 1. The number of para-hydroxylation sites is 1. The van der Waals surface area contributed by atoms with Gasteiger partial charge in [-0.15, -0.1) is 5.10 Å². The van der Waals surface area contributed by atoms with E-state index < -0.39 is 4.92 Å². The van der Waals surface area contributed by atoms with Crippen LogP contribution in [0.15, 0.2) is 48.8 Å². The minimum atomic E-state index is -0.432. The third-order valence-electron chi connectivity index (χ3n) is 3.64. The number of rotatable bonds is 5. The number of aryl methyl sites for hydroxylation is 1. The quantitative estimate of drug-likeness (QED) is 0.572. The van der Waals surface area contributed by atoms with E-state index >= 15 is 0 Å². The Morgan fingerprint density at radius 2 is 2.00 bits per heavy atom. The van der Waals surface area contributed by atoms with Crippen LogP contribution in [0.25, 0.3) is 5.69 Å². The lowest BCUT2D eigenvalue weighted by atomic mass is 10.2. The standard InChI is InChI=1S/C16H16N6O2/c1-11-8-9-17-16(15(11)22(23)24)18-12(2)14-10-21(20-19-14)13-6-4-3-5-7-13/h3-10,12H,1-2H3,(H,17,18). The fourth-order valence-corrected chi connectivity index (χ4v) is 2.35. The summed E-state index contributed by atoms with van der Waals surface area (Å²) in [7, 11) is 0. The van der Waals surface area contributed by atoms with Gasteiger partial charge in [0.1, 0.15) is 5.69 Å². The number of hydrogen-bond donors (Lipinski definition) is 1. The SMILES string of the molecule is Cc1ccnc(NC(C)c2cn(-c3ccccc3)nn2)c1[N+](=O)[O-]. The van der Waals surface area contributed by atoms with E-state index in [4.69, 9.17) is 0 Å². The maximum atomic E-state index is 11.2. The van der Waals surface area contributed by atoms with Crippen molar-refractivity contribution < 1.29 is 4.92 Å². The van der Waals surface area contributed by atoms with E-state index in [9.17, 15) is 10.1 Å². The highest BCUT2D eigenvalue weighted by Gasteiger charge is 2.21. The van der Waals surface area contributed by atoms with Gasteiger partial charge in [0.05, 0.1) is 22.8 Å². The predicted octanol–water partition coefficient (Wildman–Crippen LogP) is 3.05. The summed E-state index contributed by atoms with van der Waals surface area (Å²) in [6.45, 7) is 3.54. The second kappa shape index (κ2) is 6.45. The summed E-state index contributed by atoms with van der Waals surface area (Å²) in [5.41, 5.74) is 2.08. The van der Waals surface area contributed by atoms with E-state index in [1.807, 2.05) is 37.3 Å².